The van der Waals surface area contributed by atoms with E-state index < -0.39 is 0 Å². The Morgan fingerprint density at radius 2 is 1.65 bits per heavy atom. The van der Waals surface area contributed by atoms with E-state index in [9.17, 15) is 0 Å². The van der Waals surface area contributed by atoms with Crippen LogP contribution in [0.5, 0.6) is 0 Å². The quantitative estimate of drug-likeness (QED) is 0.845. The van der Waals surface area contributed by atoms with Crippen LogP contribution in [0, 0.1) is 0 Å². The van der Waals surface area contributed by atoms with Crippen LogP contribution in [0.1, 0.15) is 32.1 Å². The molecule has 2 nitrogen and oxygen atoms in total. The lowest BCUT2D eigenvalue weighted by atomic mass is 9.84. The fourth-order valence-corrected chi connectivity index (χ4v) is 3.15. The first-order valence-corrected chi connectivity index (χ1v) is 6.48. The van der Waals surface area contributed by atoms with Gasteiger partial charge in [-0.05, 0) is 37.8 Å². The number of benzene rings is 1. The van der Waals surface area contributed by atoms with Gasteiger partial charge in [0.25, 0.3) is 0 Å². The summed E-state index contributed by atoms with van der Waals surface area (Å²) in [6, 6.07) is 12.8. The van der Waals surface area contributed by atoms with Crippen LogP contribution in [-0.2, 0) is 0 Å². The largest absolute Gasteiger partial charge is 0.382 e. The lowest BCUT2D eigenvalue weighted by molar-refractivity contribution is 0.230. The molecule has 17 heavy (non-hydrogen) atoms. The summed E-state index contributed by atoms with van der Waals surface area (Å²) in [5.74, 6) is 0. The zero-order valence-corrected chi connectivity index (χ0v) is 10.9. The molecule has 94 valence electrons. The van der Waals surface area contributed by atoms with Crippen LogP contribution >= 0.6 is 12.4 Å². The average molecular weight is 253 g/mol. The number of hydrogen-bond acceptors (Lipinski definition) is 2. The second-order valence-corrected chi connectivity index (χ2v) is 5.17. The van der Waals surface area contributed by atoms with Crippen molar-refractivity contribution in [3.63, 3.8) is 0 Å². The zero-order valence-electron chi connectivity index (χ0n) is 10.1. The third-order valence-electron chi connectivity index (χ3n) is 3.86. The highest BCUT2D eigenvalue weighted by molar-refractivity contribution is 5.85. The Bertz CT molecular complexity index is 329. The molecule has 2 N–H and O–H groups in total. The van der Waals surface area contributed by atoms with Gasteiger partial charge < -0.3 is 10.6 Å². The van der Waals surface area contributed by atoms with Crippen LogP contribution in [0.15, 0.2) is 30.3 Å². The number of piperidine rings is 2. The molecule has 0 radical (unpaired) electrons. The van der Waals surface area contributed by atoms with Gasteiger partial charge in [-0.3, -0.25) is 0 Å². The topological polar surface area (TPSA) is 24.1 Å². The lowest BCUT2D eigenvalue weighted by Crippen LogP contribution is -2.51. The Labute approximate surface area is 110 Å². The minimum Gasteiger partial charge on any atom is -0.382 e. The van der Waals surface area contributed by atoms with Crippen molar-refractivity contribution in [2.75, 3.05) is 5.32 Å². The molecule has 2 atom stereocenters. The van der Waals surface area contributed by atoms with Crippen molar-refractivity contribution >= 4 is 18.1 Å². The van der Waals surface area contributed by atoms with Crippen LogP contribution in [0.2, 0.25) is 0 Å². The van der Waals surface area contributed by atoms with E-state index in [1.54, 1.807) is 0 Å². The molecule has 1 aromatic rings. The van der Waals surface area contributed by atoms with E-state index in [4.69, 9.17) is 0 Å². The van der Waals surface area contributed by atoms with Crippen LogP contribution in [0.3, 0.4) is 0 Å². The highest BCUT2D eigenvalue weighted by Gasteiger charge is 2.30. The van der Waals surface area contributed by atoms with E-state index in [0.717, 1.165) is 12.1 Å². The van der Waals surface area contributed by atoms with Crippen molar-refractivity contribution in [1.29, 1.82) is 0 Å². The van der Waals surface area contributed by atoms with Gasteiger partial charge in [0.2, 0.25) is 0 Å². The molecule has 0 amide bonds. The van der Waals surface area contributed by atoms with Gasteiger partial charge in [0.05, 0.1) is 0 Å². The third-order valence-corrected chi connectivity index (χ3v) is 3.86. The number of hydrogen-bond donors (Lipinski definition) is 2. The summed E-state index contributed by atoms with van der Waals surface area (Å²) < 4.78 is 0. The number of anilines is 1. The lowest BCUT2D eigenvalue weighted by Gasteiger charge is -2.40. The molecule has 2 saturated heterocycles. The van der Waals surface area contributed by atoms with Gasteiger partial charge in [0, 0.05) is 23.8 Å². The maximum absolute atomic E-state index is 3.73. The van der Waals surface area contributed by atoms with Gasteiger partial charge in [-0.15, -0.1) is 12.4 Å². The van der Waals surface area contributed by atoms with E-state index in [1.807, 2.05) is 0 Å². The molecule has 3 rings (SSSR count). The Hall–Kier alpha value is -0.730. The van der Waals surface area contributed by atoms with E-state index >= 15 is 0 Å². The van der Waals surface area contributed by atoms with E-state index in [2.05, 4.69) is 41.0 Å². The van der Waals surface area contributed by atoms with Crippen molar-refractivity contribution in [3.8, 4) is 0 Å². The van der Waals surface area contributed by atoms with Crippen molar-refractivity contribution in [3.05, 3.63) is 30.3 Å². The Morgan fingerprint density at radius 3 is 2.29 bits per heavy atom. The van der Waals surface area contributed by atoms with Crippen molar-refractivity contribution in [2.45, 2.75) is 50.2 Å². The summed E-state index contributed by atoms with van der Waals surface area (Å²) in [6.45, 7) is 0. The fourth-order valence-electron chi connectivity index (χ4n) is 3.15. The molecule has 2 heterocycles. The van der Waals surface area contributed by atoms with Crippen LogP contribution < -0.4 is 10.6 Å². The summed E-state index contributed by atoms with van der Waals surface area (Å²) in [5, 5.41) is 7.40. The van der Waals surface area contributed by atoms with Crippen molar-refractivity contribution < 1.29 is 0 Å². The van der Waals surface area contributed by atoms with Crippen LogP contribution in [0.25, 0.3) is 0 Å². The molecule has 1 aromatic carbocycles. The predicted octanol–water partition coefficient (Wildman–Crippen LogP) is 3.19. The molecule has 2 aliphatic heterocycles. The summed E-state index contributed by atoms with van der Waals surface area (Å²) in [6.07, 6.45) is 6.71. The van der Waals surface area contributed by atoms with Gasteiger partial charge in [-0.1, -0.05) is 24.6 Å². The molecular formula is C14H21ClN2. The second-order valence-electron chi connectivity index (χ2n) is 5.17. The fraction of sp³-hybridized carbons (Fsp3) is 0.571. The molecule has 3 heteroatoms. The monoisotopic (exact) mass is 252 g/mol. The van der Waals surface area contributed by atoms with E-state index in [1.165, 1.54) is 37.8 Å². The van der Waals surface area contributed by atoms with Gasteiger partial charge in [-0.2, -0.15) is 0 Å². The molecular weight excluding hydrogens is 232 g/mol. The van der Waals surface area contributed by atoms with Gasteiger partial charge in [-0.25, -0.2) is 0 Å². The minimum atomic E-state index is 0. The molecule has 0 spiro atoms. The highest BCUT2D eigenvalue weighted by atomic mass is 35.5. The molecule has 2 aliphatic rings. The predicted molar refractivity (Wildman–Crippen MR) is 74.9 cm³/mol. The summed E-state index contributed by atoms with van der Waals surface area (Å²) in [7, 11) is 0. The minimum absolute atomic E-state index is 0. The van der Waals surface area contributed by atoms with Crippen molar-refractivity contribution in [2.24, 2.45) is 0 Å². The third kappa shape index (κ3) is 3.14. The Kier molecular flexibility index (Phi) is 4.30. The maximum atomic E-state index is 3.73. The molecule has 0 aliphatic carbocycles. The summed E-state index contributed by atoms with van der Waals surface area (Å²) in [5.41, 5.74) is 1.27. The summed E-state index contributed by atoms with van der Waals surface area (Å²) >= 11 is 0. The normalized spacial score (nSPS) is 31.4. The highest BCUT2D eigenvalue weighted by Crippen LogP contribution is 2.27. The molecule has 0 aromatic heterocycles. The van der Waals surface area contributed by atoms with Gasteiger partial charge >= 0.3 is 0 Å². The van der Waals surface area contributed by atoms with E-state index in [-0.39, 0.29) is 12.4 Å². The number of rotatable bonds is 2. The molecule has 2 bridgehead atoms. The zero-order chi connectivity index (χ0) is 10.8. The van der Waals surface area contributed by atoms with Gasteiger partial charge in [0.1, 0.15) is 0 Å². The molecule has 2 unspecified atom stereocenters. The van der Waals surface area contributed by atoms with Crippen LogP contribution in [0.4, 0.5) is 5.69 Å². The summed E-state index contributed by atoms with van der Waals surface area (Å²) in [4.78, 5) is 0. The first kappa shape index (κ1) is 12.7. The smallest absolute Gasteiger partial charge is 0.0342 e. The van der Waals surface area contributed by atoms with Crippen molar-refractivity contribution in [1.82, 2.24) is 5.32 Å². The molecule has 2 fully saturated rings. The second kappa shape index (κ2) is 5.74. The number of nitrogens with one attached hydrogen (secondary N) is 2. The molecule has 0 saturated carbocycles. The first-order valence-electron chi connectivity index (χ1n) is 6.48. The number of para-hydroxylation sites is 1. The Balaban J connectivity index is 0.00000108. The standard InChI is InChI=1S/C14H20N2.ClH/c1-2-5-11(6-3-1)15-14-9-12-7-4-8-13(10-14)16-12;/h1-3,5-6,12-16H,4,7-10H2;1H. The number of halogens is 1. The van der Waals surface area contributed by atoms with E-state index in [0.29, 0.717) is 6.04 Å². The Morgan fingerprint density at radius 1 is 1.00 bits per heavy atom. The average Bonchev–Trinajstić information content (AvgIpc) is 2.30. The van der Waals surface area contributed by atoms with Crippen LogP contribution in [-0.4, -0.2) is 18.1 Å². The SMILES string of the molecule is Cl.c1ccc(NC2CC3CCCC(C2)N3)cc1. The maximum Gasteiger partial charge on any atom is 0.0342 e. The van der Waals surface area contributed by atoms with Gasteiger partial charge in [0.15, 0.2) is 0 Å². The first-order chi connectivity index (χ1) is 7.90. The number of fused-ring (bicyclic) bond motifs is 2.